The summed E-state index contributed by atoms with van der Waals surface area (Å²) >= 11 is 1.40. The van der Waals surface area contributed by atoms with Crippen LogP contribution < -0.4 is 0 Å². The summed E-state index contributed by atoms with van der Waals surface area (Å²) in [6.07, 6.45) is 0.316. The molecule has 0 aliphatic rings. The van der Waals surface area contributed by atoms with Gasteiger partial charge in [0, 0.05) is 4.90 Å². The van der Waals surface area contributed by atoms with Crippen molar-refractivity contribution < 1.29 is 19.6 Å². The van der Waals surface area contributed by atoms with Gasteiger partial charge in [0.05, 0.1) is 0 Å². The lowest BCUT2D eigenvalue weighted by Crippen LogP contribution is -2.27. The summed E-state index contributed by atoms with van der Waals surface area (Å²) in [5, 5.41) is 21.7. The minimum atomic E-state index is -2.04. The molecule has 0 radical (unpaired) electrons. The minimum absolute atomic E-state index is 0.120. The normalized spacial score (nSPS) is 14.6. The molecular weight excluding hydrogens is 343 g/mol. The first-order chi connectivity index (χ1) is 11.4. The highest BCUT2D eigenvalue weighted by molar-refractivity contribution is 8.04. The zero-order valence-electron chi connectivity index (χ0n) is 13.8. The van der Waals surface area contributed by atoms with Gasteiger partial charge in [-0.25, -0.2) is 0 Å². The number of aliphatic carboxylic acids is 1. The Morgan fingerprint density at radius 2 is 1.83 bits per heavy atom. The molecule has 0 saturated carbocycles. The number of fused-ring (bicyclic) bond motifs is 1. The molecule has 0 aliphatic heterocycles. The van der Waals surface area contributed by atoms with E-state index in [-0.39, 0.29) is 11.4 Å². The molecule has 2 rings (SSSR count). The molecule has 3 atom stereocenters. The van der Waals surface area contributed by atoms with Crippen molar-refractivity contribution in [3.8, 4) is 0 Å². The van der Waals surface area contributed by atoms with Gasteiger partial charge >= 0.3 is 13.8 Å². The third kappa shape index (κ3) is 4.79. The van der Waals surface area contributed by atoms with Crippen LogP contribution in [-0.2, 0) is 9.36 Å². The number of carboxylic acid groups (broad SMARTS) is 1. The van der Waals surface area contributed by atoms with Gasteiger partial charge in [-0.1, -0.05) is 66.6 Å². The number of hydrogen-bond acceptors (Lipinski definition) is 4. The smallest absolute Gasteiger partial charge is 0.382 e. The molecule has 2 aromatic carbocycles. The van der Waals surface area contributed by atoms with Gasteiger partial charge in [-0.15, -0.1) is 0 Å². The molecule has 0 saturated heterocycles. The molecule has 6 heteroatoms. The lowest BCUT2D eigenvalue weighted by Gasteiger charge is -2.14. The van der Waals surface area contributed by atoms with Crippen molar-refractivity contribution in [2.75, 3.05) is 5.49 Å². The highest BCUT2D eigenvalue weighted by Crippen LogP contribution is 2.41. The second-order valence-electron chi connectivity index (χ2n) is 6.16. The number of aliphatic hydroxyl groups excluding tert-OH is 1. The molecule has 0 fully saturated rings. The summed E-state index contributed by atoms with van der Waals surface area (Å²) in [5.41, 5.74) is 0.201. The highest BCUT2D eigenvalue weighted by atomic mass is 32.2. The van der Waals surface area contributed by atoms with Crippen molar-refractivity contribution in [1.29, 1.82) is 0 Å². The molecular formula is C18H22O4PS+. The number of rotatable bonds is 8. The fourth-order valence-corrected chi connectivity index (χ4v) is 5.43. The quantitative estimate of drug-likeness (QED) is 0.520. The van der Waals surface area contributed by atoms with Crippen LogP contribution in [0, 0.1) is 11.8 Å². The Balaban J connectivity index is 2.07. The first-order valence-electron chi connectivity index (χ1n) is 7.85. The fraction of sp³-hybridized carbons (Fsp3) is 0.389. The van der Waals surface area contributed by atoms with Crippen LogP contribution in [0.1, 0.15) is 20.3 Å². The molecule has 128 valence electrons. The van der Waals surface area contributed by atoms with Crippen LogP contribution in [0.2, 0.25) is 0 Å². The maximum atomic E-state index is 12.4. The Morgan fingerprint density at radius 1 is 1.17 bits per heavy atom. The number of aliphatic hydroxyl groups is 1. The average Bonchev–Trinajstić information content (AvgIpc) is 2.56. The molecule has 0 aromatic heterocycles. The number of benzene rings is 2. The summed E-state index contributed by atoms with van der Waals surface area (Å²) in [6.45, 7) is 3.78. The summed E-state index contributed by atoms with van der Waals surface area (Å²) in [5.74, 6) is -3.27. The molecule has 0 heterocycles. The van der Waals surface area contributed by atoms with Crippen LogP contribution in [0.4, 0.5) is 0 Å². The van der Waals surface area contributed by atoms with Gasteiger partial charge in [0.2, 0.25) is 0 Å². The van der Waals surface area contributed by atoms with Crippen LogP contribution in [0.15, 0.2) is 47.4 Å². The second kappa shape index (κ2) is 8.61. The zero-order valence-corrected chi connectivity index (χ0v) is 15.5. The molecule has 24 heavy (non-hydrogen) atoms. The fourth-order valence-electron chi connectivity index (χ4n) is 2.59. The predicted octanol–water partition coefficient (Wildman–Crippen LogP) is 4.78. The van der Waals surface area contributed by atoms with Gasteiger partial charge in [-0.2, -0.15) is 0 Å². The summed E-state index contributed by atoms with van der Waals surface area (Å²) < 4.78 is 12.4. The number of thioether (sulfide) groups is 1. The lowest BCUT2D eigenvalue weighted by atomic mass is 9.98. The van der Waals surface area contributed by atoms with Gasteiger partial charge in [-0.05, 0) is 29.2 Å². The van der Waals surface area contributed by atoms with E-state index in [4.69, 9.17) is 0 Å². The van der Waals surface area contributed by atoms with Crippen LogP contribution >= 0.6 is 19.6 Å². The van der Waals surface area contributed by atoms with E-state index in [1.165, 1.54) is 11.8 Å². The van der Waals surface area contributed by atoms with E-state index in [1.54, 1.807) is 0 Å². The third-order valence-electron chi connectivity index (χ3n) is 3.79. The Hall–Kier alpha value is -1.42. The van der Waals surface area contributed by atoms with Crippen molar-refractivity contribution in [3.05, 3.63) is 42.5 Å². The summed E-state index contributed by atoms with van der Waals surface area (Å²) in [7, 11) is -2.04. The first-order valence-corrected chi connectivity index (χ1v) is 10.3. The van der Waals surface area contributed by atoms with E-state index >= 15 is 0 Å². The minimum Gasteiger partial charge on any atom is -0.481 e. The van der Waals surface area contributed by atoms with Gasteiger partial charge in [0.25, 0.3) is 5.85 Å². The lowest BCUT2D eigenvalue weighted by molar-refractivity contribution is -0.144. The second-order valence-corrected chi connectivity index (χ2v) is 9.28. The Labute approximate surface area is 147 Å². The Bertz CT molecular complexity index is 727. The van der Waals surface area contributed by atoms with Gasteiger partial charge < -0.3 is 10.2 Å². The summed E-state index contributed by atoms with van der Waals surface area (Å²) in [4.78, 5) is 12.3. The largest absolute Gasteiger partial charge is 0.481 e. The molecule has 4 nitrogen and oxygen atoms in total. The first kappa shape index (κ1) is 18.9. The number of carboxylic acids is 1. The molecule has 0 aliphatic carbocycles. The van der Waals surface area contributed by atoms with E-state index < -0.39 is 25.5 Å². The SMILES string of the molecule is CC(C)CC(C(=O)O)C(O)[P+](=O)CSc1cccc2ccccc12. The highest BCUT2D eigenvalue weighted by Gasteiger charge is 2.40. The van der Waals surface area contributed by atoms with Crippen molar-refractivity contribution >= 4 is 36.3 Å². The van der Waals surface area contributed by atoms with Crippen molar-refractivity contribution in [1.82, 2.24) is 0 Å². The summed E-state index contributed by atoms with van der Waals surface area (Å²) in [6, 6.07) is 13.8. The maximum absolute atomic E-state index is 12.4. The number of carbonyl (C=O) groups is 1. The van der Waals surface area contributed by atoms with Crippen LogP contribution in [0.3, 0.4) is 0 Å². The zero-order chi connectivity index (χ0) is 17.7. The van der Waals surface area contributed by atoms with E-state index in [2.05, 4.69) is 0 Å². The Kier molecular flexibility index (Phi) is 6.79. The molecule has 2 aromatic rings. The van der Waals surface area contributed by atoms with Crippen LogP contribution in [0.25, 0.3) is 10.8 Å². The van der Waals surface area contributed by atoms with E-state index in [0.717, 1.165) is 15.7 Å². The van der Waals surface area contributed by atoms with E-state index in [1.807, 2.05) is 56.3 Å². The van der Waals surface area contributed by atoms with E-state index in [9.17, 15) is 19.6 Å². The standard InChI is InChI=1S/C18H21O4PS/c1-12(2)10-15(17(19)20)18(21)23(22)11-24-16-9-5-7-13-6-3-4-8-14(13)16/h3-9,12,15,18,21H,10-11H2,1-2H3/p+1. The molecule has 0 spiro atoms. The average molecular weight is 365 g/mol. The van der Waals surface area contributed by atoms with Crippen molar-refractivity contribution in [3.63, 3.8) is 0 Å². The molecule has 0 amide bonds. The predicted molar refractivity (Wildman–Crippen MR) is 98.9 cm³/mol. The monoisotopic (exact) mass is 365 g/mol. The van der Waals surface area contributed by atoms with E-state index in [0.29, 0.717) is 6.42 Å². The molecule has 3 unspecified atom stereocenters. The van der Waals surface area contributed by atoms with Crippen LogP contribution in [-0.4, -0.2) is 27.5 Å². The van der Waals surface area contributed by atoms with Gasteiger partial charge in [-0.3, -0.25) is 4.79 Å². The number of hydrogen-bond donors (Lipinski definition) is 2. The van der Waals surface area contributed by atoms with Crippen LogP contribution in [0.5, 0.6) is 0 Å². The third-order valence-corrected chi connectivity index (χ3v) is 6.95. The van der Waals surface area contributed by atoms with Crippen molar-refractivity contribution in [2.24, 2.45) is 11.8 Å². The van der Waals surface area contributed by atoms with Crippen molar-refractivity contribution in [2.45, 2.75) is 31.0 Å². The Morgan fingerprint density at radius 3 is 2.50 bits per heavy atom. The van der Waals surface area contributed by atoms with Gasteiger partial charge in [0.15, 0.2) is 5.49 Å². The van der Waals surface area contributed by atoms with Gasteiger partial charge in [0.1, 0.15) is 5.92 Å². The molecule has 0 bridgehead atoms. The topological polar surface area (TPSA) is 74.6 Å². The molecule has 2 N–H and O–H groups in total. The maximum Gasteiger partial charge on any atom is 0.382 e.